The summed E-state index contributed by atoms with van der Waals surface area (Å²) in [5.74, 6) is -1.14. The Hall–Kier alpha value is -2.11. The first-order chi connectivity index (χ1) is 9.97. The minimum Gasteiger partial charge on any atom is -0.507 e. The molecule has 0 fully saturated rings. The number of fused-ring (bicyclic) bond motifs is 1. The van der Waals surface area contributed by atoms with Gasteiger partial charge in [0.25, 0.3) is 5.56 Å². The molecule has 3 aromatic rings. The van der Waals surface area contributed by atoms with Gasteiger partial charge in [0, 0.05) is 11.1 Å². The molecule has 1 N–H and O–H groups in total. The molecule has 2 aromatic heterocycles. The summed E-state index contributed by atoms with van der Waals surface area (Å²) >= 11 is 11.5. The topological polar surface area (TPSA) is 55.1 Å². The van der Waals surface area contributed by atoms with E-state index < -0.39 is 11.4 Å². The van der Waals surface area contributed by atoms with Gasteiger partial charge in [-0.1, -0.05) is 23.2 Å². The van der Waals surface area contributed by atoms with E-state index in [9.17, 15) is 14.3 Å². The number of nitrogens with zero attached hydrogens (tertiary/aromatic N) is 2. The largest absolute Gasteiger partial charge is 0.507 e. The van der Waals surface area contributed by atoms with Gasteiger partial charge in [-0.25, -0.2) is 9.37 Å². The lowest BCUT2D eigenvalue weighted by Crippen LogP contribution is -2.18. The Kier molecular flexibility index (Phi) is 3.31. The SMILES string of the molecule is O=c1cc(O)c2cc(F)c(Cl)nc2n1-c1ccc(Cl)cc1. The lowest BCUT2D eigenvalue weighted by Gasteiger charge is -2.11. The number of pyridine rings is 2. The molecule has 0 saturated carbocycles. The summed E-state index contributed by atoms with van der Waals surface area (Å²) in [5, 5.41) is 10.0. The quantitative estimate of drug-likeness (QED) is 0.696. The molecule has 0 radical (unpaired) electrons. The van der Waals surface area contributed by atoms with Gasteiger partial charge in [0.1, 0.15) is 5.75 Å². The number of halogens is 3. The van der Waals surface area contributed by atoms with Crippen molar-refractivity contribution in [1.29, 1.82) is 0 Å². The van der Waals surface area contributed by atoms with Gasteiger partial charge in [0.05, 0.1) is 11.1 Å². The number of aromatic nitrogens is 2. The lowest BCUT2D eigenvalue weighted by atomic mass is 10.2. The molecule has 0 aliphatic heterocycles. The van der Waals surface area contributed by atoms with Gasteiger partial charge in [-0.05, 0) is 30.3 Å². The van der Waals surface area contributed by atoms with Crippen LogP contribution in [0, 0.1) is 5.82 Å². The first-order valence-corrected chi connectivity index (χ1v) is 6.59. The monoisotopic (exact) mass is 324 g/mol. The Balaban J connectivity index is 2.44. The zero-order valence-electron chi connectivity index (χ0n) is 10.3. The molecule has 0 spiro atoms. The van der Waals surface area contributed by atoms with E-state index in [-0.39, 0.29) is 21.9 Å². The molecule has 0 aliphatic carbocycles. The van der Waals surface area contributed by atoms with Crippen molar-refractivity contribution in [1.82, 2.24) is 9.55 Å². The standard InChI is InChI=1S/C14H7Cl2FN2O2/c15-7-1-3-8(4-2-7)19-12(21)6-11(20)9-5-10(17)13(16)18-14(9)19/h1-6,20H. The minimum atomic E-state index is -0.777. The summed E-state index contributed by atoms with van der Waals surface area (Å²) in [6, 6.07) is 8.45. The second kappa shape index (κ2) is 5.02. The Morgan fingerprint density at radius 3 is 2.48 bits per heavy atom. The Bertz CT molecular complexity index is 907. The number of aromatic hydroxyl groups is 1. The van der Waals surface area contributed by atoms with Crippen molar-refractivity contribution in [2.24, 2.45) is 0 Å². The normalized spacial score (nSPS) is 11.0. The highest BCUT2D eigenvalue weighted by Gasteiger charge is 2.14. The van der Waals surface area contributed by atoms with E-state index in [4.69, 9.17) is 23.2 Å². The second-order valence-corrected chi connectivity index (χ2v) is 5.11. The van der Waals surface area contributed by atoms with Crippen LogP contribution < -0.4 is 5.56 Å². The summed E-state index contributed by atoms with van der Waals surface area (Å²) in [5.41, 5.74) is 0.0239. The molecule has 2 heterocycles. The van der Waals surface area contributed by atoms with Crippen LogP contribution in [0.5, 0.6) is 5.75 Å². The van der Waals surface area contributed by atoms with E-state index in [1.165, 1.54) is 4.57 Å². The Labute approximate surface area is 128 Å². The molecule has 0 saturated heterocycles. The van der Waals surface area contributed by atoms with Gasteiger partial charge in [-0.3, -0.25) is 9.36 Å². The van der Waals surface area contributed by atoms with Crippen LogP contribution in [0.2, 0.25) is 10.2 Å². The highest BCUT2D eigenvalue weighted by molar-refractivity contribution is 6.30. The Morgan fingerprint density at radius 1 is 1.14 bits per heavy atom. The Morgan fingerprint density at radius 2 is 1.81 bits per heavy atom. The number of hydrogen-bond donors (Lipinski definition) is 1. The third kappa shape index (κ3) is 2.34. The molecule has 3 rings (SSSR count). The van der Waals surface area contributed by atoms with Gasteiger partial charge in [-0.15, -0.1) is 0 Å². The fourth-order valence-corrected chi connectivity index (χ4v) is 2.28. The number of rotatable bonds is 1. The van der Waals surface area contributed by atoms with Crippen LogP contribution in [-0.2, 0) is 0 Å². The van der Waals surface area contributed by atoms with E-state index >= 15 is 0 Å². The number of benzene rings is 1. The predicted octanol–water partition coefficient (Wildman–Crippen LogP) is 3.54. The van der Waals surface area contributed by atoms with Gasteiger partial charge in [0.2, 0.25) is 0 Å². The molecule has 21 heavy (non-hydrogen) atoms. The summed E-state index contributed by atoms with van der Waals surface area (Å²) in [4.78, 5) is 16.0. The molecule has 0 atom stereocenters. The maximum absolute atomic E-state index is 13.5. The molecule has 0 aliphatic rings. The van der Waals surface area contributed by atoms with Crippen molar-refractivity contribution in [2.45, 2.75) is 0 Å². The molecule has 0 amide bonds. The van der Waals surface area contributed by atoms with Crippen LogP contribution in [0.25, 0.3) is 16.7 Å². The molecular weight excluding hydrogens is 318 g/mol. The zero-order chi connectivity index (χ0) is 15.1. The molecule has 0 bridgehead atoms. The fourth-order valence-electron chi connectivity index (χ4n) is 2.02. The maximum Gasteiger partial charge on any atom is 0.260 e. The van der Waals surface area contributed by atoms with Crippen molar-refractivity contribution < 1.29 is 9.50 Å². The molecule has 1 aromatic carbocycles. The van der Waals surface area contributed by atoms with E-state index in [2.05, 4.69) is 4.98 Å². The highest BCUT2D eigenvalue weighted by atomic mass is 35.5. The van der Waals surface area contributed by atoms with E-state index in [1.807, 2.05) is 0 Å². The lowest BCUT2D eigenvalue weighted by molar-refractivity contribution is 0.479. The third-order valence-corrected chi connectivity index (χ3v) is 3.48. The van der Waals surface area contributed by atoms with E-state index in [0.29, 0.717) is 10.7 Å². The zero-order valence-corrected chi connectivity index (χ0v) is 11.9. The summed E-state index contributed by atoms with van der Waals surface area (Å²) < 4.78 is 14.7. The minimum absolute atomic E-state index is 0.0636. The first-order valence-electron chi connectivity index (χ1n) is 5.84. The van der Waals surface area contributed by atoms with Crippen LogP contribution in [0.15, 0.2) is 41.2 Å². The van der Waals surface area contributed by atoms with Gasteiger partial charge in [0.15, 0.2) is 16.6 Å². The van der Waals surface area contributed by atoms with Gasteiger partial charge >= 0.3 is 0 Å². The summed E-state index contributed by atoms with van der Waals surface area (Å²) in [7, 11) is 0. The van der Waals surface area contributed by atoms with Crippen molar-refractivity contribution in [3.05, 3.63) is 62.7 Å². The molecule has 106 valence electrons. The van der Waals surface area contributed by atoms with Crippen molar-refractivity contribution in [3.8, 4) is 11.4 Å². The molecule has 4 nitrogen and oxygen atoms in total. The van der Waals surface area contributed by atoms with E-state index in [1.54, 1.807) is 24.3 Å². The smallest absolute Gasteiger partial charge is 0.260 e. The maximum atomic E-state index is 13.5. The third-order valence-electron chi connectivity index (χ3n) is 2.97. The van der Waals surface area contributed by atoms with Crippen LogP contribution in [0.1, 0.15) is 0 Å². The summed E-state index contributed by atoms with van der Waals surface area (Å²) in [6.07, 6.45) is 0. The average Bonchev–Trinajstić information content (AvgIpc) is 2.43. The first kappa shape index (κ1) is 13.9. The van der Waals surface area contributed by atoms with Crippen LogP contribution in [0.4, 0.5) is 4.39 Å². The summed E-state index contributed by atoms with van der Waals surface area (Å²) in [6.45, 7) is 0. The fraction of sp³-hybridized carbons (Fsp3) is 0. The van der Waals surface area contributed by atoms with Crippen molar-refractivity contribution in [3.63, 3.8) is 0 Å². The predicted molar refractivity (Wildman–Crippen MR) is 79.0 cm³/mol. The van der Waals surface area contributed by atoms with Crippen molar-refractivity contribution in [2.75, 3.05) is 0 Å². The second-order valence-electron chi connectivity index (χ2n) is 4.31. The molecule has 7 heteroatoms. The van der Waals surface area contributed by atoms with Crippen LogP contribution in [0.3, 0.4) is 0 Å². The van der Waals surface area contributed by atoms with Crippen molar-refractivity contribution >= 4 is 34.2 Å². The highest BCUT2D eigenvalue weighted by Crippen LogP contribution is 2.27. The van der Waals surface area contributed by atoms with E-state index in [0.717, 1.165) is 12.1 Å². The van der Waals surface area contributed by atoms with Gasteiger partial charge in [-0.2, -0.15) is 0 Å². The average molecular weight is 325 g/mol. The van der Waals surface area contributed by atoms with Gasteiger partial charge < -0.3 is 5.11 Å². The number of hydrogen-bond acceptors (Lipinski definition) is 3. The molecular formula is C14H7Cl2FN2O2. The van der Waals surface area contributed by atoms with Crippen LogP contribution >= 0.6 is 23.2 Å². The molecule has 0 unspecified atom stereocenters. The van der Waals surface area contributed by atoms with Crippen LogP contribution in [-0.4, -0.2) is 14.7 Å².